The second kappa shape index (κ2) is 6.49. The Balaban J connectivity index is 2.10. The number of hydrogen-bond acceptors (Lipinski definition) is 3. The minimum atomic E-state index is -3.54. The van der Waals surface area contributed by atoms with E-state index in [9.17, 15) is 13.2 Å². The van der Waals surface area contributed by atoms with Gasteiger partial charge in [-0.15, -0.1) is 0 Å². The van der Waals surface area contributed by atoms with Crippen LogP contribution in [0.25, 0.3) is 10.9 Å². The number of benzene rings is 1. The molecule has 0 saturated carbocycles. The van der Waals surface area contributed by atoms with Crippen molar-refractivity contribution in [2.24, 2.45) is 0 Å². The van der Waals surface area contributed by atoms with Gasteiger partial charge in [0.2, 0.25) is 15.9 Å². The van der Waals surface area contributed by atoms with Crippen molar-refractivity contribution in [3.8, 4) is 0 Å². The number of hydrogen-bond donors (Lipinski definition) is 2. The lowest BCUT2D eigenvalue weighted by atomic mass is 10.1. The van der Waals surface area contributed by atoms with E-state index in [1.165, 1.54) is 0 Å². The molecule has 2 rings (SSSR count). The van der Waals surface area contributed by atoms with E-state index in [2.05, 4.69) is 9.71 Å². The van der Waals surface area contributed by atoms with E-state index < -0.39 is 15.9 Å². The molecule has 0 aliphatic heterocycles. The molecule has 5 nitrogen and oxygen atoms in total. The van der Waals surface area contributed by atoms with Crippen LogP contribution in [0.5, 0.6) is 0 Å². The van der Waals surface area contributed by atoms with Gasteiger partial charge in [-0.05, 0) is 30.2 Å². The fourth-order valence-electron chi connectivity index (χ4n) is 2.06. The van der Waals surface area contributed by atoms with Gasteiger partial charge in [-0.3, -0.25) is 9.52 Å². The second-order valence-electron chi connectivity index (χ2n) is 4.88. The minimum absolute atomic E-state index is 0.00824. The number of H-pyrrole nitrogens is 1. The number of rotatable bonds is 6. The molecular weight excluding hydrogens is 312 g/mol. The molecule has 21 heavy (non-hydrogen) atoms. The largest absolute Gasteiger partial charge is 0.361 e. The van der Waals surface area contributed by atoms with Gasteiger partial charge in [0.15, 0.2) is 0 Å². The van der Waals surface area contributed by atoms with Gasteiger partial charge in [-0.25, -0.2) is 8.42 Å². The molecule has 7 heteroatoms. The molecule has 1 amide bonds. The Hall–Kier alpha value is -1.53. The fourth-order valence-corrected chi connectivity index (χ4v) is 3.43. The molecule has 2 N–H and O–H groups in total. The minimum Gasteiger partial charge on any atom is -0.361 e. The second-order valence-corrected chi connectivity index (χ2v) is 7.16. The van der Waals surface area contributed by atoms with Crippen LogP contribution in [0.1, 0.15) is 25.3 Å². The number of amides is 1. The van der Waals surface area contributed by atoms with E-state index in [4.69, 9.17) is 11.6 Å². The monoisotopic (exact) mass is 328 g/mol. The van der Waals surface area contributed by atoms with E-state index in [0.29, 0.717) is 11.4 Å². The summed E-state index contributed by atoms with van der Waals surface area (Å²) in [5.74, 6) is -0.568. The van der Waals surface area contributed by atoms with Crippen molar-refractivity contribution in [1.29, 1.82) is 0 Å². The van der Waals surface area contributed by atoms with Gasteiger partial charge in [-0.1, -0.05) is 24.9 Å². The average molecular weight is 329 g/mol. The van der Waals surface area contributed by atoms with Gasteiger partial charge in [0.05, 0.1) is 12.2 Å². The number of halogens is 1. The summed E-state index contributed by atoms with van der Waals surface area (Å²) in [6.07, 6.45) is 2.98. The highest BCUT2D eigenvalue weighted by Gasteiger charge is 2.16. The van der Waals surface area contributed by atoms with Crippen molar-refractivity contribution in [2.75, 3.05) is 5.75 Å². The summed E-state index contributed by atoms with van der Waals surface area (Å²) in [6.45, 7) is 1.90. The number of aromatic amines is 1. The van der Waals surface area contributed by atoms with E-state index in [1.807, 2.05) is 13.0 Å². The standard InChI is InChI=1S/C14H17ClN2O3S/c1-2-3-6-21(19,20)17-14(18)7-10-9-16-13-5-4-11(15)8-12(10)13/h4-5,8-9,16H,2-3,6-7H2,1H3,(H,17,18). The van der Waals surface area contributed by atoms with Crippen LogP contribution >= 0.6 is 11.6 Å². The Morgan fingerprint density at radius 1 is 1.38 bits per heavy atom. The summed E-state index contributed by atoms with van der Waals surface area (Å²) in [5.41, 5.74) is 1.58. The molecule has 1 aromatic heterocycles. The van der Waals surface area contributed by atoms with Crippen molar-refractivity contribution in [3.05, 3.63) is 35.0 Å². The maximum atomic E-state index is 11.9. The van der Waals surface area contributed by atoms with E-state index in [-0.39, 0.29) is 12.2 Å². The molecular formula is C14H17ClN2O3S. The predicted octanol–water partition coefficient (Wildman–Crippen LogP) is 2.61. The molecule has 0 bridgehead atoms. The van der Waals surface area contributed by atoms with E-state index >= 15 is 0 Å². The summed E-state index contributed by atoms with van der Waals surface area (Å²) in [7, 11) is -3.54. The summed E-state index contributed by atoms with van der Waals surface area (Å²) in [4.78, 5) is 14.9. The molecule has 0 unspecified atom stereocenters. The summed E-state index contributed by atoms with van der Waals surface area (Å²) in [5, 5.41) is 1.39. The van der Waals surface area contributed by atoms with Crippen molar-refractivity contribution in [1.82, 2.24) is 9.71 Å². The maximum Gasteiger partial charge on any atom is 0.237 e. The lowest BCUT2D eigenvalue weighted by Gasteiger charge is -2.06. The third kappa shape index (κ3) is 4.22. The Morgan fingerprint density at radius 2 is 2.14 bits per heavy atom. The highest BCUT2D eigenvalue weighted by molar-refractivity contribution is 7.90. The molecule has 0 fully saturated rings. The first-order valence-corrected chi connectivity index (χ1v) is 8.73. The van der Waals surface area contributed by atoms with Crippen molar-refractivity contribution < 1.29 is 13.2 Å². The van der Waals surface area contributed by atoms with Crippen LogP contribution in [0, 0.1) is 0 Å². The zero-order valence-electron chi connectivity index (χ0n) is 11.6. The van der Waals surface area contributed by atoms with Gasteiger partial charge in [-0.2, -0.15) is 0 Å². The number of sulfonamides is 1. The van der Waals surface area contributed by atoms with Gasteiger partial charge in [0.1, 0.15) is 0 Å². The summed E-state index contributed by atoms with van der Waals surface area (Å²) < 4.78 is 25.5. The van der Waals surface area contributed by atoms with Crippen LogP contribution in [0.3, 0.4) is 0 Å². The van der Waals surface area contributed by atoms with Crippen LogP contribution in [0.15, 0.2) is 24.4 Å². The quantitative estimate of drug-likeness (QED) is 0.855. The lowest BCUT2D eigenvalue weighted by Crippen LogP contribution is -2.33. The van der Waals surface area contributed by atoms with Crippen LogP contribution < -0.4 is 4.72 Å². The fraction of sp³-hybridized carbons (Fsp3) is 0.357. The van der Waals surface area contributed by atoms with Crippen molar-refractivity contribution in [2.45, 2.75) is 26.2 Å². The van der Waals surface area contributed by atoms with Crippen LogP contribution in [-0.2, 0) is 21.2 Å². The van der Waals surface area contributed by atoms with Gasteiger partial charge < -0.3 is 4.98 Å². The van der Waals surface area contributed by atoms with E-state index in [0.717, 1.165) is 22.9 Å². The summed E-state index contributed by atoms with van der Waals surface area (Å²) >= 11 is 5.94. The van der Waals surface area contributed by atoms with Crippen LogP contribution in [0.2, 0.25) is 5.02 Å². The maximum absolute atomic E-state index is 11.9. The zero-order chi connectivity index (χ0) is 15.5. The molecule has 2 aromatic rings. The molecule has 0 atom stereocenters. The first kappa shape index (κ1) is 15.9. The first-order valence-electron chi connectivity index (χ1n) is 6.70. The number of unbranched alkanes of at least 4 members (excludes halogenated alkanes) is 1. The van der Waals surface area contributed by atoms with Gasteiger partial charge in [0.25, 0.3) is 0 Å². The Morgan fingerprint density at radius 3 is 2.86 bits per heavy atom. The third-order valence-electron chi connectivity index (χ3n) is 3.12. The third-order valence-corrected chi connectivity index (χ3v) is 4.72. The molecule has 0 aliphatic carbocycles. The highest BCUT2D eigenvalue weighted by Crippen LogP contribution is 2.22. The molecule has 0 spiro atoms. The van der Waals surface area contributed by atoms with Gasteiger partial charge in [0, 0.05) is 22.1 Å². The normalized spacial score (nSPS) is 11.7. The molecule has 1 aromatic carbocycles. The highest BCUT2D eigenvalue weighted by atomic mass is 35.5. The number of fused-ring (bicyclic) bond motifs is 1. The summed E-state index contributed by atoms with van der Waals surface area (Å²) in [6, 6.07) is 5.32. The number of nitrogens with one attached hydrogen (secondary N) is 2. The Bertz CT molecular complexity index is 753. The van der Waals surface area contributed by atoms with Crippen LogP contribution in [-0.4, -0.2) is 25.1 Å². The molecule has 0 saturated heterocycles. The average Bonchev–Trinajstić information content (AvgIpc) is 2.78. The molecule has 1 heterocycles. The molecule has 0 radical (unpaired) electrons. The number of carbonyl (C=O) groups is 1. The van der Waals surface area contributed by atoms with Crippen molar-refractivity contribution in [3.63, 3.8) is 0 Å². The smallest absolute Gasteiger partial charge is 0.237 e. The molecule has 0 aliphatic rings. The SMILES string of the molecule is CCCCS(=O)(=O)NC(=O)Cc1c[nH]c2ccc(Cl)cc12. The topological polar surface area (TPSA) is 79.0 Å². The van der Waals surface area contributed by atoms with Gasteiger partial charge >= 0.3 is 0 Å². The van der Waals surface area contributed by atoms with E-state index in [1.54, 1.807) is 18.3 Å². The lowest BCUT2D eigenvalue weighted by molar-refractivity contribution is -0.118. The molecule has 114 valence electrons. The number of carbonyl (C=O) groups excluding carboxylic acids is 1. The Labute approximate surface area is 128 Å². The zero-order valence-corrected chi connectivity index (χ0v) is 13.2. The van der Waals surface area contributed by atoms with Crippen molar-refractivity contribution >= 4 is 38.4 Å². The first-order chi connectivity index (χ1) is 9.91. The van der Waals surface area contributed by atoms with Crippen LogP contribution in [0.4, 0.5) is 0 Å². The predicted molar refractivity (Wildman–Crippen MR) is 83.9 cm³/mol. The number of aromatic nitrogens is 1. The Kier molecular flexibility index (Phi) is 4.90.